The minimum Gasteiger partial charge on any atom is -0.323 e. The Hall–Kier alpha value is -0.350. The van der Waals surface area contributed by atoms with Crippen LogP contribution in [0.1, 0.15) is 29.3 Å². The van der Waals surface area contributed by atoms with Gasteiger partial charge in [-0.2, -0.15) is 0 Å². The predicted molar refractivity (Wildman–Crippen MR) is 81.3 cm³/mol. The van der Waals surface area contributed by atoms with Gasteiger partial charge in [0, 0.05) is 16.3 Å². The van der Waals surface area contributed by atoms with Crippen LogP contribution in [0.4, 0.5) is 0 Å². The number of thiophene rings is 1. The molecule has 0 aliphatic heterocycles. The van der Waals surface area contributed by atoms with E-state index >= 15 is 0 Å². The molecule has 1 aromatic carbocycles. The van der Waals surface area contributed by atoms with Gasteiger partial charge in [-0.25, -0.2) is 0 Å². The molecule has 1 saturated carbocycles. The summed E-state index contributed by atoms with van der Waals surface area (Å²) in [7, 11) is 0. The molecule has 0 saturated heterocycles. The summed E-state index contributed by atoms with van der Waals surface area (Å²) in [4.78, 5) is 1.16. The standard InChI is InChI=1S/C14H13BrClNS/c15-13-10(16)8-11(18-13)12(17)14(6-7-14)9-4-2-1-3-5-9/h1-5,8,12H,6-7,17H2. The van der Waals surface area contributed by atoms with Crippen molar-refractivity contribution in [3.8, 4) is 0 Å². The van der Waals surface area contributed by atoms with Gasteiger partial charge in [-0.1, -0.05) is 41.9 Å². The Morgan fingerprint density at radius 1 is 1.28 bits per heavy atom. The van der Waals surface area contributed by atoms with E-state index in [4.69, 9.17) is 17.3 Å². The van der Waals surface area contributed by atoms with Gasteiger partial charge < -0.3 is 5.73 Å². The molecule has 0 spiro atoms. The zero-order valence-electron chi connectivity index (χ0n) is 9.70. The molecule has 18 heavy (non-hydrogen) atoms. The summed E-state index contributed by atoms with van der Waals surface area (Å²) in [5.74, 6) is 0. The van der Waals surface area contributed by atoms with E-state index in [9.17, 15) is 0 Å². The van der Waals surface area contributed by atoms with E-state index < -0.39 is 0 Å². The Morgan fingerprint density at radius 2 is 1.94 bits per heavy atom. The molecular formula is C14H13BrClNS. The third-order valence-corrected chi connectivity index (χ3v) is 6.26. The number of hydrogen-bond donors (Lipinski definition) is 1. The number of rotatable bonds is 3. The minimum atomic E-state index is 0.0358. The molecule has 1 nitrogen and oxygen atoms in total. The quantitative estimate of drug-likeness (QED) is 0.844. The molecule has 4 heteroatoms. The van der Waals surface area contributed by atoms with Gasteiger partial charge in [-0.05, 0) is 40.4 Å². The molecule has 1 aromatic heterocycles. The van der Waals surface area contributed by atoms with E-state index in [1.807, 2.05) is 12.1 Å². The largest absolute Gasteiger partial charge is 0.323 e. The highest BCUT2D eigenvalue weighted by Gasteiger charge is 2.50. The van der Waals surface area contributed by atoms with Crippen LogP contribution >= 0.6 is 38.9 Å². The van der Waals surface area contributed by atoms with Crippen LogP contribution in [0.3, 0.4) is 0 Å². The second kappa shape index (κ2) is 4.64. The maximum atomic E-state index is 6.48. The number of halogens is 2. The first kappa shape index (κ1) is 12.7. The summed E-state index contributed by atoms with van der Waals surface area (Å²) >= 11 is 11.2. The lowest BCUT2D eigenvalue weighted by Crippen LogP contribution is -2.25. The Balaban J connectivity index is 1.95. The molecule has 0 amide bonds. The molecule has 2 aromatic rings. The van der Waals surface area contributed by atoms with Crippen LogP contribution in [0.25, 0.3) is 0 Å². The molecule has 1 fully saturated rings. The number of nitrogens with two attached hydrogens (primary N) is 1. The fourth-order valence-corrected chi connectivity index (χ4v) is 4.34. The Labute approximate surface area is 124 Å². The minimum absolute atomic E-state index is 0.0358. The van der Waals surface area contributed by atoms with Gasteiger partial charge in [0.1, 0.15) is 0 Å². The van der Waals surface area contributed by atoms with E-state index in [2.05, 4.69) is 40.2 Å². The van der Waals surface area contributed by atoms with Crippen molar-refractivity contribution in [1.29, 1.82) is 0 Å². The molecule has 94 valence electrons. The summed E-state index contributed by atoms with van der Waals surface area (Å²) in [5, 5.41) is 0.759. The van der Waals surface area contributed by atoms with E-state index in [1.54, 1.807) is 11.3 Å². The van der Waals surface area contributed by atoms with Crippen LogP contribution < -0.4 is 5.73 Å². The van der Waals surface area contributed by atoms with Crippen molar-refractivity contribution in [3.63, 3.8) is 0 Å². The highest BCUT2D eigenvalue weighted by Crippen LogP contribution is 2.56. The predicted octanol–water partition coefficient (Wildman–Crippen LogP) is 4.90. The van der Waals surface area contributed by atoms with Crippen molar-refractivity contribution < 1.29 is 0 Å². The van der Waals surface area contributed by atoms with Gasteiger partial charge in [0.15, 0.2) is 0 Å². The second-order valence-electron chi connectivity index (χ2n) is 4.77. The van der Waals surface area contributed by atoms with Crippen molar-refractivity contribution >= 4 is 38.9 Å². The Bertz CT molecular complexity index is 543. The zero-order chi connectivity index (χ0) is 12.8. The summed E-state index contributed by atoms with van der Waals surface area (Å²) < 4.78 is 0.971. The SMILES string of the molecule is NC(c1cc(Cl)c(Br)s1)C1(c2ccccc2)CC1. The molecule has 0 radical (unpaired) electrons. The van der Waals surface area contributed by atoms with Crippen LogP contribution in [0.2, 0.25) is 5.02 Å². The first-order chi connectivity index (χ1) is 8.63. The van der Waals surface area contributed by atoms with E-state index in [-0.39, 0.29) is 11.5 Å². The van der Waals surface area contributed by atoms with Crippen LogP contribution in [0.15, 0.2) is 40.2 Å². The lowest BCUT2D eigenvalue weighted by Gasteiger charge is -2.22. The third-order valence-electron chi connectivity index (χ3n) is 3.70. The molecule has 1 aliphatic rings. The van der Waals surface area contributed by atoms with Crippen molar-refractivity contribution in [2.24, 2.45) is 5.73 Å². The monoisotopic (exact) mass is 341 g/mol. The first-order valence-corrected chi connectivity index (χ1v) is 7.88. The molecular weight excluding hydrogens is 330 g/mol. The number of benzene rings is 1. The molecule has 1 aliphatic carbocycles. The zero-order valence-corrected chi connectivity index (χ0v) is 12.9. The smallest absolute Gasteiger partial charge is 0.0888 e. The van der Waals surface area contributed by atoms with E-state index in [0.29, 0.717) is 0 Å². The fraction of sp³-hybridized carbons (Fsp3) is 0.286. The topological polar surface area (TPSA) is 26.0 Å². The van der Waals surface area contributed by atoms with Gasteiger partial charge in [0.05, 0.1) is 8.81 Å². The average molecular weight is 343 g/mol. The van der Waals surface area contributed by atoms with Crippen LogP contribution in [-0.2, 0) is 5.41 Å². The molecule has 1 unspecified atom stereocenters. The fourth-order valence-electron chi connectivity index (χ4n) is 2.47. The molecule has 3 rings (SSSR count). The average Bonchev–Trinajstić information content (AvgIpc) is 3.13. The highest BCUT2D eigenvalue weighted by molar-refractivity contribution is 9.11. The summed E-state index contributed by atoms with van der Waals surface area (Å²) in [6.45, 7) is 0. The van der Waals surface area contributed by atoms with Crippen LogP contribution in [0, 0.1) is 0 Å². The van der Waals surface area contributed by atoms with Crippen molar-refractivity contribution in [2.75, 3.05) is 0 Å². The van der Waals surface area contributed by atoms with Crippen LogP contribution in [-0.4, -0.2) is 0 Å². The van der Waals surface area contributed by atoms with Crippen molar-refractivity contribution in [1.82, 2.24) is 0 Å². The maximum absolute atomic E-state index is 6.48. The second-order valence-corrected chi connectivity index (χ2v) is 7.58. The van der Waals surface area contributed by atoms with Gasteiger partial charge in [-0.15, -0.1) is 11.3 Å². The van der Waals surface area contributed by atoms with Gasteiger partial charge in [0.2, 0.25) is 0 Å². The molecule has 1 atom stereocenters. The third kappa shape index (κ3) is 2.03. The highest BCUT2D eigenvalue weighted by atomic mass is 79.9. The summed E-state index contributed by atoms with van der Waals surface area (Å²) in [6, 6.07) is 12.6. The van der Waals surface area contributed by atoms with Crippen molar-refractivity contribution in [2.45, 2.75) is 24.3 Å². The normalized spacial score (nSPS) is 18.6. The summed E-state index contributed by atoms with van der Waals surface area (Å²) in [6.07, 6.45) is 2.32. The lowest BCUT2D eigenvalue weighted by atomic mass is 9.88. The Kier molecular flexibility index (Phi) is 3.27. The molecule has 2 N–H and O–H groups in total. The first-order valence-electron chi connectivity index (χ1n) is 5.89. The molecule has 0 bridgehead atoms. The summed E-state index contributed by atoms with van der Waals surface area (Å²) in [5.41, 5.74) is 7.95. The van der Waals surface area contributed by atoms with E-state index in [0.717, 1.165) is 26.5 Å². The van der Waals surface area contributed by atoms with Gasteiger partial charge in [0.25, 0.3) is 0 Å². The van der Waals surface area contributed by atoms with Gasteiger partial charge >= 0.3 is 0 Å². The molecule has 1 heterocycles. The Morgan fingerprint density at radius 3 is 2.44 bits per heavy atom. The number of hydrogen-bond acceptors (Lipinski definition) is 2. The van der Waals surface area contributed by atoms with Crippen molar-refractivity contribution in [3.05, 3.63) is 55.6 Å². The maximum Gasteiger partial charge on any atom is 0.0888 e. The lowest BCUT2D eigenvalue weighted by molar-refractivity contribution is 0.549. The van der Waals surface area contributed by atoms with Gasteiger partial charge in [-0.3, -0.25) is 0 Å². The van der Waals surface area contributed by atoms with Crippen LogP contribution in [0.5, 0.6) is 0 Å². The van der Waals surface area contributed by atoms with E-state index in [1.165, 1.54) is 5.56 Å².